The van der Waals surface area contributed by atoms with Crippen LogP contribution in [0.4, 0.5) is 0 Å². The first-order chi connectivity index (χ1) is 9.90. The smallest absolute Gasteiger partial charge is 0.0537 e. The maximum atomic E-state index is 2.84. The second-order valence-corrected chi connectivity index (χ2v) is 7.76. The van der Waals surface area contributed by atoms with Gasteiger partial charge in [-0.15, -0.1) is 0 Å². The van der Waals surface area contributed by atoms with Gasteiger partial charge >= 0.3 is 0 Å². The molecule has 4 saturated heterocycles. The molecule has 112 valence electrons. The largest absolute Gasteiger partial charge is 0.273 e. The molecule has 2 aliphatic carbocycles. The van der Waals surface area contributed by atoms with Gasteiger partial charge in [0.25, 0.3) is 0 Å². The fourth-order valence-corrected chi connectivity index (χ4v) is 5.84. The Morgan fingerprint density at radius 3 is 0.900 bits per heavy atom. The second kappa shape index (κ2) is 4.67. The van der Waals surface area contributed by atoms with Crippen molar-refractivity contribution < 1.29 is 0 Å². The van der Waals surface area contributed by atoms with Crippen LogP contribution in [0.15, 0.2) is 0 Å². The SMILES string of the molecule is C1CC[C@@H]2[C@@H](C1)N1CN3CN2CN(C1)[C@@H]1CCCC[C@H]13. The number of rotatable bonds is 0. The predicted octanol–water partition coefficient (Wildman–Crippen LogP) is 1.69. The van der Waals surface area contributed by atoms with Gasteiger partial charge in [0, 0.05) is 24.2 Å². The van der Waals surface area contributed by atoms with E-state index >= 15 is 0 Å². The molecule has 0 amide bonds. The molecule has 4 heteroatoms. The number of hydrogen-bond acceptors (Lipinski definition) is 4. The van der Waals surface area contributed by atoms with Crippen molar-refractivity contribution in [2.45, 2.75) is 75.5 Å². The maximum absolute atomic E-state index is 2.84. The summed E-state index contributed by atoms with van der Waals surface area (Å²) in [6, 6.07) is 3.38. The fraction of sp³-hybridized carbons (Fsp3) is 1.00. The van der Waals surface area contributed by atoms with Crippen LogP contribution in [-0.2, 0) is 0 Å². The first-order valence-corrected chi connectivity index (χ1v) is 8.86. The molecule has 4 nitrogen and oxygen atoms in total. The van der Waals surface area contributed by atoms with Gasteiger partial charge in [-0.1, -0.05) is 25.7 Å². The van der Waals surface area contributed by atoms with E-state index in [0.717, 1.165) is 24.2 Å². The highest BCUT2D eigenvalue weighted by molar-refractivity contribution is 5.02. The summed E-state index contributed by atoms with van der Waals surface area (Å²) in [6.07, 6.45) is 11.6. The third kappa shape index (κ3) is 1.75. The van der Waals surface area contributed by atoms with E-state index < -0.39 is 0 Å². The van der Waals surface area contributed by atoms with Gasteiger partial charge in [-0.25, -0.2) is 0 Å². The molecule has 4 heterocycles. The van der Waals surface area contributed by atoms with Crippen LogP contribution in [0.3, 0.4) is 0 Å². The Morgan fingerprint density at radius 1 is 0.400 bits per heavy atom. The lowest BCUT2D eigenvalue weighted by Gasteiger charge is -2.38. The zero-order valence-electron chi connectivity index (χ0n) is 12.6. The fourth-order valence-electron chi connectivity index (χ4n) is 5.84. The molecular formula is C16H28N4. The Morgan fingerprint density at radius 2 is 0.650 bits per heavy atom. The summed E-state index contributed by atoms with van der Waals surface area (Å²) in [7, 11) is 0. The van der Waals surface area contributed by atoms with E-state index in [1.807, 2.05) is 0 Å². The van der Waals surface area contributed by atoms with Gasteiger partial charge in [0.1, 0.15) is 0 Å². The Bertz CT molecular complexity index is 307. The zero-order chi connectivity index (χ0) is 13.1. The molecule has 0 unspecified atom stereocenters. The third-order valence-electron chi connectivity index (χ3n) is 6.72. The predicted molar refractivity (Wildman–Crippen MR) is 78.9 cm³/mol. The molecule has 2 saturated carbocycles. The average molecular weight is 276 g/mol. The number of nitrogens with zero attached hydrogens (tertiary/aromatic N) is 4. The summed E-state index contributed by atoms with van der Waals surface area (Å²) < 4.78 is 0. The Labute approximate surface area is 122 Å². The Balaban J connectivity index is 1.54. The minimum atomic E-state index is 0.846. The van der Waals surface area contributed by atoms with Gasteiger partial charge in [-0.2, -0.15) is 0 Å². The molecule has 0 N–H and O–H groups in total. The van der Waals surface area contributed by atoms with E-state index in [0.29, 0.717) is 0 Å². The van der Waals surface area contributed by atoms with Crippen molar-refractivity contribution in [3.05, 3.63) is 0 Å². The summed E-state index contributed by atoms with van der Waals surface area (Å²) in [6.45, 7) is 4.98. The molecular weight excluding hydrogens is 248 g/mol. The van der Waals surface area contributed by atoms with Crippen molar-refractivity contribution in [1.82, 2.24) is 19.6 Å². The summed E-state index contributed by atoms with van der Waals surface area (Å²) in [5.41, 5.74) is 0. The van der Waals surface area contributed by atoms with E-state index in [4.69, 9.17) is 0 Å². The summed E-state index contributed by atoms with van der Waals surface area (Å²) in [5.74, 6) is 0. The quantitative estimate of drug-likeness (QED) is 0.667. The van der Waals surface area contributed by atoms with Gasteiger partial charge in [0.15, 0.2) is 0 Å². The van der Waals surface area contributed by atoms with Gasteiger partial charge in [-0.05, 0) is 25.7 Å². The van der Waals surface area contributed by atoms with Crippen molar-refractivity contribution in [1.29, 1.82) is 0 Å². The highest BCUT2D eigenvalue weighted by atomic mass is 15.6. The van der Waals surface area contributed by atoms with Crippen LogP contribution in [-0.4, -0.2) is 70.4 Å². The van der Waals surface area contributed by atoms with Crippen LogP contribution in [0.25, 0.3) is 0 Å². The summed E-state index contributed by atoms with van der Waals surface area (Å²) in [5, 5.41) is 0. The normalized spacial score (nSPS) is 57.6. The average Bonchev–Trinajstić information content (AvgIpc) is 2.86. The van der Waals surface area contributed by atoms with E-state index in [9.17, 15) is 0 Å². The molecule has 20 heavy (non-hydrogen) atoms. The molecule has 4 bridgehead atoms. The molecule has 6 rings (SSSR count). The van der Waals surface area contributed by atoms with Crippen molar-refractivity contribution in [3.63, 3.8) is 0 Å². The van der Waals surface area contributed by atoms with E-state index in [1.165, 1.54) is 78.0 Å². The molecule has 4 aliphatic heterocycles. The van der Waals surface area contributed by atoms with Crippen molar-refractivity contribution in [2.24, 2.45) is 0 Å². The van der Waals surface area contributed by atoms with Crippen LogP contribution in [0, 0.1) is 0 Å². The minimum absolute atomic E-state index is 0.846. The molecule has 4 atom stereocenters. The first kappa shape index (κ1) is 12.4. The minimum Gasteiger partial charge on any atom is -0.273 e. The van der Waals surface area contributed by atoms with Crippen molar-refractivity contribution in [2.75, 3.05) is 26.7 Å². The van der Waals surface area contributed by atoms with Crippen LogP contribution in [0.2, 0.25) is 0 Å². The van der Waals surface area contributed by atoms with Gasteiger partial charge < -0.3 is 0 Å². The van der Waals surface area contributed by atoms with Crippen molar-refractivity contribution in [3.8, 4) is 0 Å². The lowest BCUT2D eigenvalue weighted by atomic mass is 9.89. The van der Waals surface area contributed by atoms with Gasteiger partial charge in [0.05, 0.1) is 26.7 Å². The zero-order valence-corrected chi connectivity index (χ0v) is 12.6. The third-order valence-corrected chi connectivity index (χ3v) is 6.72. The molecule has 0 spiro atoms. The monoisotopic (exact) mass is 276 g/mol. The van der Waals surface area contributed by atoms with Gasteiger partial charge in [-0.3, -0.25) is 19.6 Å². The molecule has 0 aromatic carbocycles. The second-order valence-electron chi connectivity index (χ2n) is 7.76. The molecule has 6 fully saturated rings. The molecule has 0 aromatic heterocycles. The highest BCUT2D eigenvalue weighted by Crippen LogP contribution is 2.39. The lowest BCUT2D eigenvalue weighted by Crippen LogP contribution is -2.48. The number of hydrogen-bond donors (Lipinski definition) is 0. The highest BCUT2D eigenvalue weighted by Gasteiger charge is 2.49. The summed E-state index contributed by atoms with van der Waals surface area (Å²) >= 11 is 0. The molecule has 0 aromatic rings. The van der Waals surface area contributed by atoms with E-state index in [-0.39, 0.29) is 0 Å². The summed E-state index contributed by atoms with van der Waals surface area (Å²) in [4.78, 5) is 11.4. The van der Waals surface area contributed by atoms with Crippen molar-refractivity contribution >= 4 is 0 Å². The standard InChI is InChI=1S/C16H28N4/c1-2-6-14-13(5-1)17-9-19-11-18(14)12-20(10-17)16-8-4-3-7-15(16)19/h13-16H,1-12H2/t13-,14-,15-,16-/m1/s1. The molecule has 0 radical (unpaired) electrons. The van der Waals surface area contributed by atoms with Crippen LogP contribution < -0.4 is 0 Å². The van der Waals surface area contributed by atoms with Gasteiger partial charge in [0.2, 0.25) is 0 Å². The Hall–Kier alpha value is -0.160. The van der Waals surface area contributed by atoms with E-state index in [2.05, 4.69) is 19.6 Å². The van der Waals surface area contributed by atoms with Crippen LogP contribution in [0.1, 0.15) is 51.4 Å². The topological polar surface area (TPSA) is 13.0 Å². The Kier molecular flexibility index (Phi) is 2.89. The van der Waals surface area contributed by atoms with Crippen LogP contribution >= 0.6 is 0 Å². The maximum Gasteiger partial charge on any atom is 0.0537 e. The molecule has 6 aliphatic rings. The van der Waals surface area contributed by atoms with E-state index in [1.54, 1.807) is 0 Å². The van der Waals surface area contributed by atoms with Crippen LogP contribution in [0.5, 0.6) is 0 Å². The first-order valence-electron chi connectivity index (χ1n) is 8.86. The lowest BCUT2D eigenvalue weighted by molar-refractivity contribution is 0.0502.